The number of aromatic nitrogens is 1. The van der Waals surface area contributed by atoms with Gasteiger partial charge in [0.2, 0.25) is 0 Å². The number of benzene rings is 2. The highest BCUT2D eigenvalue weighted by atomic mass is 16.2. The molecule has 0 saturated heterocycles. The summed E-state index contributed by atoms with van der Waals surface area (Å²) in [5.74, 6) is 0. The van der Waals surface area contributed by atoms with Crippen LogP contribution in [0, 0.1) is 0 Å². The van der Waals surface area contributed by atoms with Crippen molar-refractivity contribution < 1.29 is 4.79 Å². The maximum atomic E-state index is 12.0. The number of carbonyl (C=O) groups is 1. The standard InChI is InChI=1S/C16H13N3O/c20-16(18-13-7-4-10-17-11-13)19-15-9-3-6-12-5-1-2-8-14(12)15/h1-11H,(H2,18,19,20). The molecule has 4 heteroatoms. The smallest absolute Gasteiger partial charge is 0.307 e. The van der Waals surface area contributed by atoms with Crippen LogP contribution in [0.1, 0.15) is 0 Å². The van der Waals surface area contributed by atoms with Gasteiger partial charge in [0, 0.05) is 11.6 Å². The van der Waals surface area contributed by atoms with Gasteiger partial charge in [0.25, 0.3) is 0 Å². The predicted molar refractivity (Wildman–Crippen MR) is 80.8 cm³/mol. The number of hydrogen-bond acceptors (Lipinski definition) is 2. The number of amides is 2. The highest BCUT2D eigenvalue weighted by molar-refractivity contribution is 6.06. The molecule has 0 fully saturated rings. The van der Waals surface area contributed by atoms with E-state index >= 15 is 0 Å². The SMILES string of the molecule is O=C(Nc1cccnc1)Nc1cccc2ccccc12. The maximum absolute atomic E-state index is 12.0. The summed E-state index contributed by atoms with van der Waals surface area (Å²) in [7, 11) is 0. The largest absolute Gasteiger partial charge is 0.323 e. The molecule has 4 nitrogen and oxygen atoms in total. The first-order chi connectivity index (χ1) is 9.83. The zero-order chi connectivity index (χ0) is 13.8. The van der Waals surface area contributed by atoms with E-state index in [4.69, 9.17) is 0 Å². The van der Waals surface area contributed by atoms with E-state index in [0.29, 0.717) is 5.69 Å². The van der Waals surface area contributed by atoms with E-state index in [1.54, 1.807) is 24.5 Å². The Bertz CT molecular complexity index is 736. The molecular weight excluding hydrogens is 250 g/mol. The van der Waals surface area contributed by atoms with Crippen LogP contribution in [0.4, 0.5) is 16.2 Å². The number of anilines is 2. The molecule has 0 aliphatic heterocycles. The first kappa shape index (κ1) is 12.2. The number of nitrogens with zero attached hydrogens (tertiary/aromatic N) is 1. The third kappa shape index (κ3) is 2.59. The molecule has 0 spiro atoms. The lowest BCUT2D eigenvalue weighted by Gasteiger charge is -2.09. The Kier molecular flexibility index (Phi) is 3.29. The number of fused-ring (bicyclic) bond motifs is 1. The van der Waals surface area contributed by atoms with Crippen LogP contribution in [0.25, 0.3) is 10.8 Å². The molecule has 0 bridgehead atoms. The lowest BCUT2D eigenvalue weighted by molar-refractivity contribution is 0.262. The molecule has 0 radical (unpaired) electrons. The van der Waals surface area contributed by atoms with Crippen molar-refractivity contribution in [1.29, 1.82) is 0 Å². The van der Waals surface area contributed by atoms with Crippen LogP contribution >= 0.6 is 0 Å². The van der Waals surface area contributed by atoms with Crippen LogP contribution in [0.2, 0.25) is 0 Å². The predicted octanol–water partition coefficient (Wildman–Crippen LogP) is 3.88. The summed E-state index contributed by atoms with van der Waals surface area (Å²) in [4.78, 5) is 15.9. The zero-order valence-electron chi connectivity index (χ0n) is 10.7. The molecule has 1 aromatic heterocycles. The van der Waals surface area contributed by atoms with E-state index < -0.39 is 0 Å². The molecule has 0 aliphatic rings. The van der Waals surface area contributed by atoms with Crippen molar-refractivity contribution in [3.8, 4) is 0 Å². The monoisotopic (exact) mass is 263 g/mol. The Morgan fingerprint density at radius 1 is 0.900 bits per heavy atom. The van der Waals surface area contributed by atoms with Crippen molar-refractivity contribution >= 4 is 28.2 Å². The second-order valence-corrected chi connectivity index (χ2v) is 4.35. The van der Waals surface area contributed by atoms with Crippen molar-refractivity contribution in [1.82, 2.24) is 4.98 Å². The molecule has 2 amide bonds. The lowest BCUT2D eigenvalue weighted by atomic mass is 10.1. The van der Waals surface area contributed by atoms with E-state index in [1.165, 1.54) is 0 Å². The topological polar surface area (TPSA) is 54.0 Å². The van der Waals surface area contributed by atoms with Gasteiger partial charge in [-0.1, -0.05) is 36.4 Å². The molecule has 0 atom stereocenters. The average molecular weight is 263 g/mol. The first-order valence-corrected chi connectivity index (χ1v) is 6.29. The molecule has 0 aliphatic carbocycles. The van der Waals surface area contributed by atoms with Gasteiger partial charge in [-0.05, 0) is 23.6 Å². The number of rotatable bonds is 2. The van der Waals surface area contributed by atoms with Gasteiger partial charge in [-0.3, -0.25) is 4.98 Å². The number of hydrogen-bond donors (Lipinski definition) is 2. The third-order valence-electron chi connectivity index (χ3n) is 2.96. The van der Waals surface area contributed by atoms with Crippen molar-refractivity contribution in [2.24, 2.45) is 0 Å². The van der Waals surface area contributed by atoms with Gasteiger partial charge in [0.15, 0.2) is 0 Å². The quantitative estimate of drug-likeness (QED) is 0.737. The van der Waals surface area contributed by atoms with E-state index in [9.17, 15) is 4.79 Å². The van der Waals surface area contributed by atoms with Crippen LogP contribution in [0.3, 0.4) is 0 Å². The minimum Gasteiger partial charge on any atom is -0.307 e. The number of urea groups is 1. The molecule has 1 heterocycles. The van der Waals surface area contributed by atoms with Gasteiger partial charge in [0.05, 0.1) is 17.6 Å². The average Bonchev–Trinajstić information content (AvgIpc) is 2.48. The normalized spacial score (nSPS) is 10.2. The fraction of sp³-hybridized carbons (Fsp3) is 0. The highest BCUT2D eigenvalue weighted by Crippen LogP contribution is 2.23. The van der Waals surface area contributed by atoms with Gasteiger partial charge in [-0.15, -0.1) is 0 Å². The Morgan fingerprint density at radius 2 is 1.75 bits per heavy atom. The molecule has 2 aromatic carbocycles. The van der Waals surface area contributed by atoms with Gasteiger partial charge in [0.1, 0.15) is 0 Å². The molecule has 3 rings (SSSR count). The summed E-state index contributed by atoms with van der Waals surface area (Å²) in [5.41, 5.74) is 1.44. The fourth-order valence-electron chi connectivity index (χ4n) is 2.06. The number of nitrogens with one attached hydrogen (secondary N) is 2. The van der Waals surface area contributed by atoms with Crippen LogP contribution in [-0.2, 0) is 0 Å². The zero-order valence-corrected chi connectivity index (χ0v) is 10.7. The van der Waals surface area contributed by atoms with Crippen molar-refractivity contribution in [2.45, 2.75) is 0 Å². The van der Waals surface area contributed by atoms with Crippen LogP contribution in [-0.4, -0.2) is 11.0 Å². The minimum absolute atomic E-state index is 0.283. The molecule has 2 N–H and O–H groups in total. The summed E-state index contributed by atoms with van der Waals surface area (Å²) >= 11 is 0. The summed E-state index contributed by atoms with van der Waals surface area (Å²) in [6.45, 7) is 0. The second-order valence-electron chi connectivity index (χ2n) is 4.35. The van der Waals surface area contributed by atoms with Gasteiger partial charge in [-0.2, -0.15) is 0 Å². The molecule has 98 valence electrons. The van der Waals surface area contributed by atoms with Crippen molar-refractivity contribution in [3.63, 3.8) is 0 Å². The first-order valence-electron chi connectivity index (χ1n) is 6.29. The van der Waals surface area contributed by atoms with E-state index in [0.717, 1.165) is 16.5 Å². The fourth-order valence-corrected chi connectivity index (χ4v) is 2.06. The molecule has 0 saturated carbocycles. The lowest BCUT2D eigenvalue weighted by Crippen LogP contribution is -2.19. The molecule has 3 aromatic rings. The second kappa shape index (κ2) is 5.40. The molecular formula is C16H13N3O. The van der Waals surface area contributed by atoms with E-state index in [-0.39, 0.29) is 6.03 Å². The Balaban J connectivity index is 1.81. The molecule has 20 heavy (non-hydrogen) atoms. The van der Waals surface area contributed by atoms with Gasteiger partial charge in [-0.25, -0.2) is 4.79 Å². The van der Waals surface area contributed by atoms with Crippen molar-refractivity contribution in [2.75, 3.05) is 10.6 Å². The van der Waals surface area contributed by atoms with Crippen LogP contribution < -0.4 is 10.6 Å². The minimum atomic E-state index is -0.283. The third-order valence-corrected chi connectivity index (χ3v) is 2.96. The summed E-state index contributed by atoms with van der Waals surface area (Å²) in [6, 6.07) is 17.0. The van der Waals surface area contributed by atoms with Crippen LogP contribution in [0.15, 0.2) is 67.0 Å². The van der Waals surface area contributed by atoms with Crippen LogP contribution in [0.5, 0.6) is 0 Å². The number of carbonyl (C=O) groups excluding carboxylic acids is 1. The highest BCUT2D eigenvalue weighted by Gasteiger charge is 2.05. The maximum Gasteiger partial charge on any atom is 0.323 e. The van der Waals surface area contributed by atoms with E-state index in [2.05, 4.69) is 15.6 Å². The van der Waals surface area contributed by atoms with Crippen molar-refractivity contribution in [3.05, 3.63) is 67.0 Å². The Morgan fingerprint density at radius 3 is 2.60 bits per heavy atom. The Hall–Kier alpha value is -2.88. The molecule has 0 unspecified atom stereocenters. The van der Waals surface area contributed by atoms with Gasteiger partial charge < -0.3 is 10.6 Å². The summed E-state index contributed by atoms with van der Waals surface area (Å²) in [5, 5.41) is 7.70. The van der Waals surface area contributed by atoms with E-state index in [1.807, 2.05) is 42.5 Å². The summed E-state index contributed by atoms with van der Waals surface area (Å²) < 4.78 is 0. The Labute approximate surface area is 116 Å². The summed E-state index contributed by atoms with van der Waals surface area (Å²) in [6.07, 6.45) is 3.26. The number of pyridine rings is 1. The van der Waals surface area contributed by atoms with Gasteiger partial charge >= 0.3 is 6.03 Å².